The largest absolute Gasteiger partial charge is 0.365 e. The number of hydrogen-bond acceptors (Lipinski definition) is 6. The minimum absolute atomic E-state index is 0.0386. The first-order chi connectivity index (χ1) is 12.7. The van der Waals surface area contributed by atoms with Crippen LogP contribution < -0.4 is 10.0 Å². The summed E-state index contributed by atoms with van der Waals surface area (Å²) in [5.41, 5.74) is 0.365. The van der Waals surface area contributed by atoms with Crippen molar-refractivity contribution in [3.8, 4) is 0 Å². The molecule has 0 aromatic carbocycles. The van der Waals surface area contributed by atoms with Crippen LogP contribution in [0.15, 0.2) is 24.6 Å². The number of nitrogens with one attached hydrogen (secondary N) is 2. The predicted octanol–water partition coefficient (Wildman–Crippen LogP) is 1.35. The van der Waals surface area contributed by atoms with Gasteiger partial charge in [0, 0.05) is 25.0 Å². The van der Waals surface area contributed by atoms with E-state index in [-0.39, 0.29) is 17.5 Å². The summed E-state index contributed by atoms with van der Waals surface area (Å²) in [7, 11) is -0.956. The Balaban J connectivity index is 2.27. The van der Waals surface area contributed by atoms with Gasteiger partial charge in [-0.2, -0.15) is 8.42 Å². The third kappa shape index (κ3) is 4.06. The summed E-state index contributed by atoms with van der Waals surface area (Å²) >= 11 is 0. The Morgan fingerprint density at radius 3 is 2.29 bits per heavy atom. The third-order valence-corrected chi connectivity index (χ3v) is 6.95. The van der Waals surface area contributed by atoms with Gasteiger partial charge >= 0.3 is 10.3 Å². The van der Waals surface area contributed by atoms with Gasteiger partial charge in [-0.25, -0.2) is 4.72 Å². The number of carbonyl (C=O) groups is 1. The van der Waals surface area contributed by atoms with Gasteiger partial charge in [-0.05, 0) is 45.6 Å². The molecule has 3 N–H and O–H groups in total. The Morgan fingerprint density at radius 1 is 1.32 bits per heavy atom. The molecule has 2 rings (SSSR count). The lowest BCUT2D eigenvalue weighted by molar-refractivity contribution is -0.125. The Kier molecular flexibility index (Phi) is 5.96. The molecule has 0 aromatic heterocycles. The van der Waals surface area contributed by atoms with Gasteiger partial charge < -0.3 is 15.1 Å². The monoisotopic (exact) mass is 414 g/mol. The van der Waals surface area contributed by atoms with Crippen molar-refractivity contribution in [1.29, 1.82) is 0 Å². The summed E-state index contributed by atoms with van der Waals surface area (Å²) in [6, 6.07) is -0.0386. The minimum Gasteiger partial charge on any atom is -0.365 e. The molecule has 1 saturated carbocycles. The molecule has 1 saturated heterocycles. The van der Waals surface area contributed by atoms with Crippen LogP contribution in [0.5, 0.6) is 0 Å². The molecule has 8 nitrogen and oxygen atoms in total. The maximum atomic E-state index is 12.6. The van der Waals surface area contributed by atoms with Crippen LogP contribution in [0.4, 0.5) is 0 Å². The van der Waals surface area contributed by atoms with Gasteiger partial charge in [-0.3, -0.25) is 9.35 Å². The summed E-state index contributed by atoms with van der Waals surface area (Å²) < 4.78 is 33.1. The van der Waals surface area contributed by atoms with Crippen molar-refractivity contribution in [2.24, 2.45) is 11.8 Å². The summed E-state index contributed by atoms with van der Waals surface area (Å²) in [6.07, 6.45) is 1.36. The summed E-state index contributed by atoms with van der Waals surface area (Å²) in [6.45, 7) is 17.6. The SMILES string of the molecule is C=C(C1CC(C)CN1C(=C)C(C)(C)NC)N(C)C1(C(=O)NS(=O)(=O)O)CC1C. The molecule has 0 radical (unpaired) electrons. The molecule has 0 bridgehead atoms. The van der Waals surface area contributed by atoms with Crippen molar-refractivity contribution in [2.45, 2.75) is 57.7 Å². The fraction of sp³-hybridized carbons (Fsp3) is 0.737. The zero-order valence-electron chi connectivity index (χ0n) is 17.7. The zero-order chi connectivity index (χ0) is 21.7. The molecular formula is C19H34N4O4S. The molecule has 0 spiro atoms. The van der Waals surface area contributed by atoms with Gasteiger partial charge in [0.15, 0.2) is 0 Å². The smallest absolute Gasteiger partial charge is 0.359 e. The van der Waals surface area contributed by atoms with Crippen LogP contribution in [0.3, 0.4) is 0 Å². The Hall–Kier alpha value is -1.58. The maximum Gasteiger partial charge on any atom is 0.359 e. The van der Waals surface area contributed by atoms with Crippen LogP contribution in [0.1, 0.15) is 40.5 Å². The number of rotatable bonds is 8. The Bertz CT molecular complexity index is 779. The molecule has 1 amide bonds. The van der Waals surface area contributed by atoms with Crippen LogP contribution in [-0.2, 0) is 15.1 Å². The number of hydrogen-bond donors (Lipinski definition) is 3. The van der Waals surface area contributed by atoms with E-state index in [9.17, 15) is 13.2 Å². The topological polar surface area (TPSA) is 102 Å². The second-order valence-corrected chi connectivity index (χ2v) is 9.97. The van der Waals surface area contributed by atoms with E-state index in [4.69, 9.17) is 4.55 Å². The lowest BCUT2D eigenvalue weighted by Gasteiger charge is -2.42. The van der Waals surface area contributed by atoms with E-state index >= 15 is 0 Å². The van der Waals surface area contributed by atoms with Gasteiger partial charge in [0.05, 0.1) is 11.6 Å². The summed E-state index contributed by atoms with van der Waals surface area (Å²) in [5.74, 6) is -0.350. The third-order valence-electron chi connectivity index (χ3n) is 6.50. The van der Waals surface area contributed by atoms with Gasteiger partial charge in [0.1, 0.15) is 5.54 Å². The highest BCUT2D eigenvalue weighted by Gasteiger charge is 2.62. The number of carbonyl (C=O) groups excluding carboxylic acids is 1. The van der Waals surface area contributed by atoms with Crippen LogP contribution in [0.2, 0.25) is 0 Å². The van der Waals surface area contributed by atoms with Gasteiger partial charge in [-0.1, -0.05) is 27.0 Å². The van der Waals surface area contributed by atoms with Crippen LogP contribution in [0, 0.1) is 11.8 Å². The van der Waals surface area contributed by atoms with Crippen molar-refractivity contribution < 1.29 is 17.8 Å². The molecule has 2 fully saturated rings. The van der Waals surface area contributed by atoms with Gasteiger partial charge in [-0.15, -0.1) is 0 Å². The highest BCUT2D eigenvalue weighted by Crippen LogP contribution is 2.50. The first-order valence-electron chi connectivity index (χ1n) is 9.54. The van der Waals surface area contributed by atoms with E-state index in [2.05, 4.69) is 44.1 Å². The number of amides is 1. The molecular weight excluding hydrogens is 380 g/mol. The molecule has 28 heavy (non-hydrogen) atoms. The second-order valence-electron chi connectivity index (χ2n) is 8.82. The van der Waals surface area contributed by atoms with Crippen LogP contribution in [0.25, 0.3) is 0 Å². The van der Waals surface area contributed by atoms with Crippen LogP contribution >= 0.6 is 0 Å². The highest BCUT2D eigenvalue weighted by molar-refractivity contribution is 7.84. The first-order valence-corrected chi connectivity index (χ1v) is 11.0. The summed E-state index contributed by atoms with van der Waals surface area (Å²) in [5, 5.41) is 3.27. The average Bonchev–Trinajstić information content (AvgIpc) is 3.11. The Labute approximate surface area is 168 Å². The number of nitrogens with zero attached hydrogens (tertiary/aromatic N) is 2. The average molecular weight is 415 g/mol. The molecule has 0 aromatic rings. The summed E-state index contributed by atoms with van der Waals surface area (Å²) in [4.78, 5) is 16.6. The van der Waals surface area contributed by atoms with E-state index in [1.54, 1.807) is 16.7 Å². The molecule has 1 aliphatic heterocycles. The first kappa shape index (κ1) is 22.7. The van der Waals surface area contributed by atoms with Gasteiger partial charge in [0.2, 0.25) is 0 Å². The normalized spacial score (nSPS) is 30.1. The lowest BCUT2D eigenvalue weighted by Crippen LogP contribution is -2.53. The fourth-order valence-electron chi connectivity index (χ4n) is 4.19. The van der Waals surface area contributed by atoms with E-state index in [0.717, 1.165) is 24.4 Å². The zero-order valence-corrected chi connectivity index (χ0v) is 18.6. The van der Waals surface area contributed by atoms with E-state index in [1.165, 1.54) is 0 Å². The quantitative estimate of drug-likeness (QED) is 0.515. The van der Waals surface area contributed by atoms with Crippen molar-refractivity contribution >= 4 is 16.2 Å². The number of likely N-dealkylation sites (tertiary alicyclic amines) is 1. The van der Waals surface area contributed by atoms with E-state index in [1.807, 2.05) is 14.0 Å². The van der Waals surface area contributed by atoms with Crippen molar-refractivity contribution in [3.05, 3.63) is 24.6 Å². The Morgan fingerprint density at radius 2 is 1.86 bits per heavy atom. The van der Waals surface area contributed by atoms with Crippen molar-refractivity contribution in [1.82, 2.24) is 19.8 Å². The lowest BCUT2D eigenvalue weighted by atomic mass is 9.98. The highest BCUT2D eigenvalue weighted by atomic mass is 32.2. The van der Waals surface area contributed by atoms with Crippen LogP contribution in [-0.4, -0.2) is 66.4 Å². The molecule has 9 heteroatoms. The minimum atomic E-state index is -4.61. The van der Waals surface area contributed by atoms with E-state index < -0.39 is 21.8 Å². The molecule has 4 unspecified atom stereocenters. The fourth-order valence-corrected chi connectivity index (χ4v) is 4.60. The van der Waals surface area contributed by atoms with Crippen molar-refractivity contribution in [3.63, 3.8) is 0 Å². The molecule has 2 aliphatic rings. The standard InChI is InChI=1S/C19H34N4O4S/c1-12-9-16(23(11-12)15(4)18(5,6)20-7)14(3)22(8)19(10-13(19)2)17(24)21-28(25,26)27/h12-13,16,20H,3-4,9-11H2,1-2,5-8H3,(H,21,24)(H,25,26,27). The van der Waals surface area contributed by atoms with Crippen molar-refractivity contribution in [2.75, 3.05) is 20.6 Å². The number of likely N-dealkylation sites (N-methyl/N-ethyl adjacent to an activating group) is 2. The molecule has 1 aliphatic carbocycles. The predicted molar refractivity (Wildman–Crippen MR) is 110 cm³/mol. The molecule has 160 valence electrons. The van der Waals surface area contributed by atoms with E-state index in [0.29, 0.717) is 12.3 Å². The maximum absolute atomic E-state index is 12.6. The van der Waals surface area contributed by atoms with Gasteiger partial charge in [0.25, 0.3) is 5.91 Å². The molecule has 1 heterocycles. The second kappa shape index (κ2) is 7.35. The molecule has 4 atom stereocenters.